The summed E-state index contributed by atoms with van der Waals surface area (Å²) in [5.41, 5.74) is 4.26. The quantitative estimate of drug-likeness (QED) is 0.380. The zero-order valence-electron chi connectivity index (χ0n) is 24.1. The van der Waals surface area contributed by atoms with Crippen LogP contribution in [0, 0.1) is 13.8 Å². The fraction of sp³-hybridized carbons (Fsp3) is 0.500. The third-order valence-electron chi connectivity index (χ3n) is 8.01. The molecular formula is C30H39N5O5S. The predicted molar refractivity (Wildman–Crippen MR) is 156 cm³/mol. The second-order valence-corrected chi connectivity index (χ2v) is 12.7. The minimum absolute atomic E-state index is 0.0473. The molecule has 1 atom stereocenters. The first kappa shape index (κ1) is 29.4. The lowest BCUT2D eigenvalue weighted by atomic mass is 10.1. The number of aromatic nitrogens is 2. The Kier molecular flexibility index (Phi) is 9.18. The lowest BCUT2D eigenvalue weighted by Gasteiger charge is -2.36. The van der Waals surface area contributed by atoms with E-state index in [1.54, 1.807) is 49.8 Å². The van der Waals surface area contributed by atoms with Gasteiger partial charge in [-0.1, -0.05) is 12.5 Å². The summed E-state index contributed by atoms with van der Waals surface area (Å²) in [6.45, 7) is 7.81. The van der Waals surface area contributed by atoms with Crippen molar-refractivity contribution in [2.45, 2.75) is 50.6 Å². The molecule has 2 aromatic carbocycles. The van der Waals surface area contributed by atoms with E-state index in [-0.39, 0.29) is 25.2 Å². The molecule has 0 spiro atoms. The number of piperidine rings is 1. The molecule has 41 heavy (non-hydrogen) atoms. The number of piperazine rings is 1. The number of hydrogen-bond donors (Lipinski definition) is 0. The highest BCUT2D eigenvalue weighted by Crippen LogP contribution is 2.32. The molecule has 1 unspecified atom stereocenters. The number of carbonyl (C=O) groups excluding carboxylic acids is 1. The van der Waals surface area contributed by atoms with Gasteiger partial charge in [-0.3, -0.25) is 19.7 Å². The Hall–Kier alpha value is -3.12. The van der Waals surface area contributed by atoms with E-state index >= 15 is 0 Å². The Morgan fingerprint density at radius 1 is 0.951 bits per heavy atom. The zero-order chi connectivity index (χ0) is 29.0. The molecule has 5 rings (SSSR count). The number of aryl methyl sites for hydroxylation is 2. The standard InChI is InChI=1S/C30H39N5O5S/c1-22-16-26(39-3)17-23(2)30(22)41(37,38)35-11-5-4-6-25(35)20-40-21-29(36)34-14-12-33(13-15-34)19-24-7-8-27-28(18-24)32-10-9-31-27/h7-10,16-18,25H,4-6,11-15,19-21H2,1-3H3. The van der Waals surface area contributed by atoms with Crippen LogP contribution in [-0.2, 0) is 26.1 Å². The summed E-state index contributed by atoms with van der Waals surface area (Å²) in [5, 5.41) is 0. The van der Waals surface area contributed by atoms with Crippen LogP contribution in [0.3, 0.4) is 0 Å². The number of sulfonamides is 1. The van der Waals surface area contributed by atoms with Gasteiger partial charge in [0.1, 0.15) is 12.4 Å². The molecule has 2 saturated heterocycles. The molecule has 0 bridgehead atoms. The summed E-state index contributed by atoms with van der Waals surface area (Å²) in [6.07, 6.45) is 5.84. The second kappa shape index (κ2) is 12.8. The molecule has 1 amide bonds. The summed E-state index contributed by atoms with van der Waals surface area (Å²) in [5.74, 6) is 0.582. The smallest absolute Gasteiger partial charge is 0.248 e. The first-order valence-corrected chi connectivity index (χ1v) is 15.6. The van der Waals surface area contributed by atoms with Crippen LogP contribution in [0.4, 0.5) is 0 Å². The summed E-state index contributed by atoms with van der Waals surface area (Å²) in [6, 6.07) is 9.35. The van der Waals surface area contributed by atoms with Crippen LogP contribution in [-0.4, -0.2) is 97.5 Å². The van der Waals surface area contributed by atoms with E-state index in [4.69, 9.17) is 9.47 Å². The number of ether oxygens (including phenoxy) is 2. The summed E-state index contributed by atoms with van der Waals surface area (Å²) in [4.78, 5) is 26.1. The van der Waals surface area contributed by atoms with Crippen molar-refractivity contribution in [3.63, 3.8) is 0 Å². The van der Waals surface area contributed by atoms with Crippen molar-refractivity contribution < 1.29 is 22.7 Å². The Balaban J connectivity index is 1.12. The molecule has 0 saturated carbocycles. The largest absolute Gasteiger partial charge is 0.497 e. The van der Waals surface area contributed by atoms with Gasteiger partial charge in [-0.2, -0.15) is 4.31 Å². The summed E-state index contributed by atoms with van der Waals surface area (Å²) in [7, 11) is -2.15. The van der Waals surface area contributed by atoms with Gasteiger partial charge in [0.2, 0.25) is 15.9 Å². The first-order valence-electron chi connectivity index (χ1n) is 14.2. The molecule has 3 aromatic rings. The third-order valence-corrected chi connectivity index (χ3v) is 10.3. The molecule has 0 radical (unpaired) electrons. The van der Waals surface area contributed by atoms with Gasteiger partial charge in [-0.15, -0.1) is 0 Å². The van der Waals surface area contributed by atoms with E-state index in [0.717, 1.165) is 43.5 Å². The van der Waals surface area contributed by atoms with Crippen LogP contribution < -0.4 is 4.74 Å². The Bertz CT molecular complexity index is 1470. The number of amides is 1. The van der Waals surface area contributed by atoms with Gasteiger partial charge in [0.25, 0.3) is 0 Å². The summed E-state index contributed by atoms with van der Waals surface area (Å²) >= 11 is 0. The minimum Gasteiger partial charge on any atom is -0.497 e. The van der Waals surface area contributed by atoms with Gasteiger partial charge in [0, 0.05) is 57.7 Å². The molecule has 0 N–H and O–H groups in total. The average molecular weight is 582 g/mol. The van der Waals surface area contributed by atoms with E-state index in [2.05, 4.69) is 27.0 Å². The highest BCUT2D eigenvalue weighted by atomic mass is 32.2. The average Bonchev–Trinajstić information content (AvgIpc) is 2.97. The van der Waals surface area contributed by atoms with Crippen LogP contribution in [0.5, 0.6) is 5.75 Å². The van der Waals surface area contributed by atoms with E-state index in [9.17, 15) is 13.2 Å². The monoisotopic (exact) mass is 581 g/mol. The van der Waals surface area contributed by atoms with Crippen molar-refractivity contribution in [2.24, 2.45) is 0 Å². The SMILES string of the molecule is COc1cc(C)c(S(=O)(=O)N2CCCCC2COCC(=O)N2CCN(Cc3ccc4nccnc4c3)CC2)c(C)c1. The molecule has 0 aliphatic carbocycles. The predicted octanol–water partition coefficient (Wildman–Crippen LogP) is 3.16. The van der Waals surface area contributed by atoms with Crippen molar-refractivity contribution in [1.82, 2.24) is 24.1 Å². The lowest BCUT2D eigenvalue weighted by Crippen LogP contribution is -2.50. The molecule has 10 nitrogen and oxygen atoms in total. The first-order chi connectivity index (χ1) is 19.8. The zero-order valence-corrected chi connectivity index (χ0v) is 24.9. The Morgan fingerprint density at radius 3 is 2.37 bits per heavy atom. The van der Waals surface area contributed by atoms with Gasteiger partial charge in [-0.05, 0) is 67.6 Å². The maximum absolute atomic E-state index is 13.8. The number of hydrogen-bond acceptors (Lipinski definition) is 8. The normalized spacial score (nSPS) is 19.0. The van der Waals surface area contributed by atoms with Crippen LogP contribution in [0.2, 0.25) is 0 Å². The maximum Gasteiger partial charge on any atom is 0.248 e. The van der Waals surface area contributed by atoms with Crippen molar-refractivity contribution in [2.75, 3.05) is 53.0 Å². The molecule has 11 heteroatoms. The fourth-order valence-electron chi connectivity index (χ4n) is 5.90. The fourth-order valence-corrected chi connectivity index (χ4v) is 8.00. The van der Waals surface area contributed by atoms with Crippen molar-refractivity contribution >= 4 is 27.0 Å². The lowest BCUT2D eigenvalue weighted by molar-refractivity contribution is -0.138. The number of nitrogens with zero attached hydrogens (tertiary/aromatic N) is 5. The van der Waals surface area contributed by atoms with Crippen molar-refractivity contribution in [3.8, 4) is 5.75 Å². The van der Waals surface area contributed by atoms with E-state index in [0.29, 0.717) is 47.8 Å². The van der Waals surface area contributed by atoms with E-state index in [1.807, 2.05) is 11.0 Å². The Labute approximate surface area is 242 Å². The van der Waals surface area contributed by atoms with Crippen LogP contribution in [0.25, 0.3) is 11.0 Å². The molecule has 1 aromatic heterocycles. The topological polar surface area (TPSA) is 105 Å². The van der Waals surface area contributed by atoms with Gasteiger partial charge in [0.15, 0.2) is 0 Å². The number of carbonyl (C=O) groups is 1. The number of benzene rings is 2. The van der Waals surface area contributed by atoms with E-state index < -0.39 is 10.0 Å². The van der Waals surface area contributed by atoms with Gasteiger partial charge >= 0.3 is 0 Å². The molecule has 2 fully saturated rings. The van der Waals surface area contributed by atoms with Gasteiger partial charge in [0.05, 0.1) is 29.6 Å². The van der Waals surface area contributed by atoms with Crippen LogP contribution in [0.15, 0.2) is 47.6 Å². The highest BCUT2D eigenvalue weighted by molar-refractivity contribution is 7.89. The maximum atomic E-state index is 13.8. The van der Waals surface area contributed by atoms with Crippen molar-refractivity contribution in [1.29, 1.82) is 0 Å². The number of methoxy groups -OCH3 is 1. The van der Waals surface area contributed by atoms with Crippen LogP contribution in [0.1, 0.15) is 36.0 Å². The minimum atomic E-state index is -3.72. The third kappa shape index (κ3) is 6.69. The molecular weight excluding hydrogens is 542 g/mol. The highest BCUT2D eigenvalue weighted by Gasteiger charge is 2.36. The van der Waals surface area contributed by atoms with Gasteiger partial charge < -0.3 is 14.4 Å². The number of fused-ring (bicyclic) bond motifs is 1. The van der Waals surface area contributed by atoms with E-state index in [1.165, 1.54) is 5.56 Å². The molecule has 3 heterocycles. The number of rotatable bonds is 9. The molecule has 2 aliphatic rings. The van der Waals surface area contributed by atoms with Crippen LogP contribution >= 0.6 is 0 Å². The Morgan fingerprint density at radius 2 is 1.66 bits per heavy atom. The summed E-state index contributed by atoms with van der Waals surface area (Å²) < 4.78 is 40.3. The second-order valence-electron chi connectivity index (χ2n) is 10.9. The molecule has 2 aliphatic heterocycles. The van der Waals surface area contributed by atoms with Crippen molar-refractivity contribution in [3.05, 3.63) is 59.4 Å². The van der Waals surface area contributed by atoms with Gasteiger partial charge in [-0.25, -0.2) is 8.42 Å². The molecule has 220 valence electrons.